The lowest BCUT2D eigenvalue weighted by molar-refractivity contribution is -0.0675. The third kappa shape index (κ3) is 1.70. The zero-order valence-corrected chi connectivity index (χ0v) is 6.57. The van der Waals surface area contributed by atoms with Gasteiger partial charge in [0, 0.05) is 25.1 Å². The predicted octanol–water partition coefficient (Wildman–Crippen LogP) is -1.69. The fraction of sp³-hybridized carbons (Fsp3) is 1.00. The first-order chi connectivity index (χ1) is 5.16. The summed E-state index contributed by atoms with van der Waals surface area (Å²) in [5.74, 6) is -0.235. The zero-order chi connectivity index (χ0) is 8.43. The summed E-state index contributed by atoms with van der Waals surface area (Å²) in [4.78, 5) is 0. The highest BCUT2D eigenvalue weighted by molar-refractivity contribution is 4.89. The van der Waals surface area contributed by atoms with Crippen LogP contribution in [0.1, 0.15) is 6.92 Å². The normalized spacial score (nSPS) is 45.8. The molecule has 0 aromatic heterocycles. The van der Waals surface area contributed by atoms with E-state index in [-0.39, 0.29) is 18.6 Å². The molecule has 0 saturated carbocycles. The quantitative estimate of drug-likeness (QED) is 0.370. The highest BCUT2D eigenvalue weighted by Gasteiger charge is 2.34. The van der Waals surface area contributed by atoms with Crippen LogP contribution in [0.3, 0.4) is 0 Å². The Kier molecular flexibility index (Phi) is 2.84. The number of piperidine rings is 1. The standard InChI is InChI=1S/C7H15NO3/c1-4-6(10)7(11)5(3-9)2-8-4/h4-11H,2-3H2,1H3/t4-,5+,6-,7-/m1/s1. The molecule has 0 spiro atoms. The summed E-state index contributed by atoms with van der Waals surface area (Å²) >= 11 is 0. The summed E-state index contributed by atoms with van der Waals surface area (Å²) < 4.78 is 0. The molecule has 1 aliphatic rings. The van der Waals surface area contributed by atoms with Crippen molar-refractivity contribution in [1.29, 1.82) is 0 Å². The van der Waals surface area contributed by atoms with Crippen molar-refractivity contribution >= 4 is 0 Å². The van der Waals surface area contributed by atoms with E-state index < -0.39 is 12.2 Å². The summed E-state index contributed by atoms with van der Waals surface area (Å²) in [7, 11) is 0. The highest BCUT2D eigenvalue weighted by Crippen LogP contribution is 2.14. The SMILES string of the molecule is C[C@H]1NC[C@@H](CO)[C@@H](O)[C@@H]1O. The fourth-order valence-corrected chi connectivity index (χ4v) is 1.33. The molecular formula is C7H15NO3. The lowest BCUT2D eigenvalue weighted by atomic mass is 9.90. The third-order valence-corrected chi connectivity index (χ3v) is 2.28. The van der Waals surface area contributed by atoms with Gasteiger partial charge in [0.05, 0.1) is 12.2 Å². The summed E-state index contributed by atoms with van der Waals surface area (Å²) in [5, 5.41) is 30.4. The molecule has 0 unspecified atom stereocenters. The van der Waals surface area contributed by atoms with E-state index >= 15 is 0 Å². The minimum absolute atomic E-state index is 0.0854. The maximum absolute atomic E-state index is 9.36. The second-order valence-electron chi connectivity index (χ2n) is 3.12. The summed E-state index contributed by atoms with van der Waals surface area (Å²) in [6, 6.07) is -0.0900. The first kappa shape index (κ1) is 8.93. The molecule has 1 heterocycles. The van der Waals surface area contributed by atoms with E-state index in [9.17, 15) is 10.2 Å². The van der Waals surface area contributed by atoms with Gasteiger partial charge in [0.1, 0.15) is 0 Å². The van der Waals surface area contributed by atoms with Gasteiger partial charge in [0.25, 0.3) is 0 Å². The van der Waals surface area contributed by atoms with E-state index in [1.54, 1.807) is 0 Å². The number of hydrogen-bond acceptors (Lipinski definition) is 4. The minimum atomic E-state index is -0.795. The van der Waals surface area contributed by atoms with Crippen molar-refractivity contribution in [3.8, 4) is 0 Å². The Bertz CT molecular complexity index is 129. The molecule has 0 radical (unpaired) electrons. The topological polar surface area (TPSA) is 72.7 Å². The van der Waals surface area contributed by atoms with Gasteiger partial charge in [-0.15, -0.1) is 0 Å². The molecule has 66 valence electrons. The lowest BCUT2D eigenvalue weighted by Gasteiger charge is -2.35. The van der Waals surface area contributed by atoms with Gasteiger partial charge in [-0.1, -0.05) is 0 Å². The van der Waals surface area contributed by atoms with E-state index in [2.05, 4.69) is 5.32 Å². The highest BCUT2D eigenvalue weighted by atomic mass is 16.3. The minimum Gasteiger partial charge on any atom is -0.396 e. The molecule has 1 aliphatic heterocycles. The van der Waals surface area contributed by atoms with Gasteiger partial charge in [-0.05, 0) is 6.92 Å². The van der Waals surface area contributed by atoms with Crippen molar-refractivity contribution in [2.45, 2.75) is 25.2 Å². The van der Waals surface area contributed by atoms with Crippen molar-refractivity contribution < 1.29 is 15.3 Å². The Morgan fingerprint density at radius 1 is 1.36 bits per heavy atom. The van der Waals surface area contributed by atoms with Gasteiger partial charge in [-0.25, -0.2) is 0 Å². The van der Waals surface area contributed by atoms with Crippen LogP contribution < -0.4 is 5.32 Å². The third-order valence-electron chi connectivity index (χ3n) is 2.28. The van der Waals surface area contributed by atoms with E-state index in [1.165, 1.54) is 0 Å². The van der Waals surface area contributed by atoms with Gasteiger partial charge >= 0.3 is 0 Å². The van der Waals surface area contributed by atoms with Gasteiger partial charge < -0.3 is 20.6 Å². The van der Waals surface area contributed by atoms with Crippen LogP contribution in [0, 0.1) is 5.92 Å². The van der Waals surface area contributed by atoms with Crippen molar-refractivity contribution in [3.63, 3.8) is 0 Å². The molecule has 1 rings (SSSR count). The maximum Gasteiger partial charge on any atom is 0.0952 e. The molecule has 0 aromatic carbocycles. The molecule has 0 amide bonds. The van der Waals surface area contributed by atoms with Gasteiger partial charge in [0.15, 0.2) is 0 Å². The van der Waals surface area contributed by atoms with Crippen LogP contribution in [0.2, 0.25) is 0 Å². The second kappa shape index (κ2) is 3.49. The average Bonchev–Trinajstić information content (AvgIpc) is 2.01. The maximum atomic E-state index is 9.36. The number of aliphatic hydroxyl groups excluding tert-OH is 3. The zero-order valence-electron chi connectivity index (χ0n) is 6.57. The Morgan fingerprint density at radius 3 is 2.55 bits per heavy atom. The Hall–Kier alpha value is -0.160. The summed E-state index contributed by atoms with van der Waals surface area (Å²) in [6.07, 6.45) is -1.56. The molecule has 4 heteroatoms. The van der Waals surface area contributed by atoms with E-state index in [0.717, 1.165) is 0 Å². The van der Waals surface area contributed by atoms with E-state index in [0.29, 0.717) is 6.54 Å². The summed E-state index contributed by atoms with van der Waals surface area (Å²) in [6.45, 7) is 2.29. The number of hydrogen-bond donors (Lipinski definition) is 4. The Labute approximate surface area is 65.9 Å². The van der Waals surface area contributed by atoms with E-state index in [1.807, 2.05) is 6.92 Å². The molecule has 0 aromatic rings. The molecule has 0 aliphatic carbocycles. The predicted molar refractivity (Wildman–Crippen MR) is 40.1 cm³/mol. The Morgan fingerprint density at radius 2 is 2.00 bits per heavy atom. The molecule has 1 fully saturated rings. The van der Waals surface area contributed by atoms with Crippen LogP contribution in [0.4, 0.5) is 0 Å². The molecular weight excluding hydrogens is 146 g/mol. The van der Waals surface area contributed by atoms with Crippen LogP contribution in [0.5, 0.6) is 0 Å². The van der Waals surface area contributed by atoms with Crippen LogP contribution in [0.15, 0.2) is 0 Å². The van der Waals surface area contributed by atoms with Crippen molar-refractivity contribution in [3.05, 3.63) is 0 Å². The molecule has 4 atom stereocenters. The first-order valence-corrected chi connectivity index (χ1v) is 3.87. The van der Waals surface area contributed by atoms with Gasteiger partial charge in [-0.3, -0.25) is 0 Å². The van der Waals surface area contributed by atoms with E-state index in [4.69, 9.17) is 5.11 Å². The number of nitrogens with one attached hydrogen (secondary N) is 1. The lowest BCUT2D eigenvalue weighted by Crippen LogP contribution is -2.56. The number of rotatable bonds is 1. The molecule has 4 N–H and O–H groups in total. The van der Waals surface area contributed by atoms with Crippen molar-refractivity contribution in [2.24, 2.45) is 5.92 Å². The van der Waals surface area contributed by atoms with Crippen LogP contribution >= 0.6 is 0 Å². The largest absolute Gasteiger partial charge is 0.396 e. The van der Waals surface area contributed by atoms with Gasteiger partial charge in [0.2, 0.25) is 0 Å². The Balaban J connectivity index is 2.52. The molecule has 0 bridgehead atoms. The van der Waals surface area contributed by atoms with Gasteiger partial charge in [-0.2, -0.15) is 0 Å². The second-order valence-corrected chi connectivity index (χ2v) is 3.12. The smallest absolute Gasteiger partial charge is 0.0952 e. The average molecular weight is 161 g/mol. The molecule has 4 nitrogen and oxygen atoms in total. The first-order valence-electron chi connectivity index (χ1n) is 3.87. The molecule has 1 saturated heterocycles. The summed E-state index contributed by atoms with van der Waals surface area (Å²) in [5.41, 5.74) is 0. The fourth-order valence-electron chi connectivity index (χ4n) is 1.33. The van der Waals surface area contributed by atoms with Crippen LogP contribution in [-0.4, -0.2) is 46.7 Å². The number of aliphatic hydroxyl groups is 3. The van der Waals surface area contributed by atoms with Crippen molar-refractivity contribution in [1.82, 2.24) is 5.32 Å². The monoisotopic (exact) mass is 161 g/mol. The van der Waals surface area contributed by atoms with Crippen molar-refractivity contribution in [2.75, 3.05) is 13.2 Å². The van der Waals surface area contributed by atoms with Crippen LogP contribution in [-0.2, 0) is 0 Å². The van der Waals surface area contributed by atoms with Crippen LogP contribution in [0.25, 0.3) is 0 Å². The molecule has 11 heavy (non-hydrogen) atoms.